The third-order valence-corrected chi connectivity index (χ3v) is 2.94. The van der Waals surface area contributed by atoms with Gasteiger partial charge in [-0.1, -0.05) is 0 Å². The molecule has 1 aromatic carbocycles. The van der Waals surface area contributed by atoms with Gasteiger partial charge in [-0.25, -0.2) is 8.78 Å². The van der Waals surface area contributed by atoms with Gasteiger partial charge in [0.15, 0.2) is 17.4 Å². The summed E-state index contributed by atoms with van der Waals surface area (Å²) in [5.41, 5.74) is 0.0675. The number of hydrogen-bond donors (Lipinski definition) is 2. The molecule has 1 saturated heterocycles. The minimum absolute atomic E-state index is 0.0675. The largest absolute Gasteiger partial charge is 0.503 e. The first-order chi connectivity index (χ1) is 7.61. The predicted molar refractivity (Wildman–Crippen MR) is 52.8 cm³/mol. The van der Waals surface area contributed by atoms with E-state index in [1.54, 1.807) is 0 Å². The molecule has 1 aliphatic rings. The summed E-state index contributed by atoms with van der Waals surface area (Å²) in [4.78, 5) is 0. The number of aromatic hydroxyl groups is 1. The Morgan fingerprint density at radius 3 is 2.38 bits per heavy atom. The number of phenols is 1. The molecule has 2 rings (SSSR count). The smallest absolute Gasteiger partial charge is 0.203 e. The normalized spacial score (nSPS) is 17.7. The second-order valence-corrected chi connectivity index (χ2v) is 3.95. The molecule has 88 valence electrons. The molecule has 0 aromatic heterocycles. The molecule has 1 fully saturated rings. The molecule has 1 aliphatic heterocycles. The Labute approximate surface area is 91.1 Å². The van der Waals surface area contributed by atoms with E-state index in [1.165, 1.54) is 0 Å². The van der Waals surface area contributed by atoms with Crippen molar-refractivity contribution in [3.05, 3.63) is 29.1 Å². The molecule has 0 spiro atoms. The topological polar surface area (TPSA) is 32.3 Å². The summed E-state index contributed by atoms with van der Waals surface area (Å²) in [6, 6.07) is 0.848. The minimum atomic E-state index is -1.52. The van der Waals surface area contributed by atoms with Crippen molar-refractivity contribution in [2.24, 2.45) is 0 Å². The van der Waals surface area contributed by atoms with Gasteiger partial charge in [0.1, 0.15) is 0 Å². The quantitative estimate of drug-likeness (QED) is 0.727. The zero-order chi connectivity index (χ0) is 11.7. The summed E-state index contributed by atoms with van der Waals surface area (Å²) < 4.78 is 39.5. The van der Waals surface area contributed by atoms with Crippen LogP contribution in [-0.4, -0.2) is 18.2 Å². The van der Waals surface area contributed by atoms with E-state index in [0.717, 1.165) is 6.07 Å². The van der Waals surface area contributed by atoms with Crippen molar-refractivity contribution in [1.29, 1.82) is 0 Å². The van der Waals surface area contributed by atoms with Crippen LogP contribution >= 0.6 is 0 Å². The molecule has 0 bridgehead atoms. The fourth-order valence-corrected chi connectivity index (χ4v) is 2.04. The summed E-state index contributed by atoms with van der Waals surface area (Å²) in [6.45, 7) is 1.42. The maximum absolute atomic E-state index is 13.5. The van der Waals surface area contributed by atoms with Gasteiger partial charge < -0.3 is 10.4 Å². The van der Waals surface area contributed by atoms with Gasteiger partial charge in [-0.15, -0.1) is 0 Å². The number of benzene rings is 1. The van der Waals surface area contributed by atoms with Gasteiger partial charge >= 0.3 is 0 Å². The molecule has 0 saturated carbocycles. The third-order valence-electron chi connectivity index (χ3n) is 2.94. The Balaban J connectivity index is 2.40. The third kappa shape index (κ3) is 1.87. The summed E-state index contributed by atoms with van der Waals surface area (Å²) in [7, 11) is 0. The van der Waals surface area contributed by atoms with Crippen LogP contribution in [0.25, 0.3) is 0 Å². The minimum Gasteiger partial charge on any atom is -0.503 e. The monoisotopic (exact) mass is 231 g/mol. The van der Waals surface area contributed by atoms with E-state index < -0.39 is 23.2 Å². The maximum Gasteiger partial charge on any atom is 0.203 e. The van der Waals surface area contributed by atoms with Crippen molar-refractivity contribution >= 4 is 0 Å². The second kappa shape index (κ2) is 4.33. The molecule has 1 heterocycles. The van der Waals surface area contributed by atoms with E-state index in [2.05, 4.69) is 5.32 Å². The van der Waals surface area contributed by atoms with E-state index in [9.17, 15) is 13.2 Å². The van der Waals surface area contributed by atoms with Gasteiger partial charge in [-0.2, -0.15) is 4.39 Å². The standard InChI is InChI=1S/C11H12F3NO/c12-8-5-7(6-1-3-15-4-2-6)9(13)11(16)10(8)14/h5-6,15-16H,1-4H2. The van der Waals surface area contributed by atoms with Crippen LogP contribution in [0, 0.1) is 17.5 Å². The SMILES string of the molecule is Oc1c(F)c(F)cc(C2CCNCC2)c1F. The molecule has 0 radical (unpaired) electrons. The maximum atomic E-state index is 13.5. The Morgan fingerprint density at radius 2 is 1.75 bits per heavy atom. The zero-order valence-corrected chi connectivity index (χ0v) is 8.56. The van der Waals surface area contributed by atoms with E-state index in [4.69, 9.17) is 5.11 Å². The van der Waals surface area contributed by atoms with Gasteiger partial charge in [-0.05, 0) is 43.5 Å². The van der Waals surface area contributed by atoms with Crippen LogP contribution in [0.1, 0.15) is 24.3 Å². The van der Waals surface area contributed by atoms with Crippen molar-refractivity contribution in [1.82, 2.24) is 5.32 Å². The molecule has 1 aromatic rings. The highest BCUT2D eigenvalue weighted by atomic mass is 19.2. The lowest BCUT2D eigenvalue weighted by Crippen LogP contribution is -2.27. The van der Waals surface area contributed by atoms with Gasteiger partial charge in [-0.3, -0.25) is 0 Å². The van der Waals surface area contributed by atoms with Crippen LogP contribution in [0.15, 0.2) is 6.07 Å². The lowest BCUT2D eigenvalue weighted by atomic mass is 9.89. The molecule has 0 amide bonds. The fraction of sp³-hybridized carbons (Fsp3) is 0.455. The van der Waals surface area contributed by atoms with Crippen LogP contribution < -0.4 is 5.32 Å². The van der Waals surface area contributed by atoms with Crippen molar-refractivity contribution in [3.8, 4) is 5.75 Å². The highest BCUT2D eigenvalue weighted by molar-refractivity contribution is 5.35. The van der Waals surface area contributed by atoms with Crippen molar-refractivity contribution in [2.45, 2.75) is 18.8 Å². The van der Waals surface area contributed by atoms with E-state index in [0.29, 0.717) is 25.9 Å². The second-order valence-electron chi connectivity index (χ2n) is 3.95. The van der Waals surface area contributed by atoms with Gasteiger partial charge in [0.2, 0.25) is 5.82 Å². The van der Waals surface area contributed by atoms with Crippen LogP contribution in [0.4, 0.5) is 13.2 Å². The highest BCUT2D eigenvalue weighted by Crippen LogP contribution is 2.33. The summed E-state index contributed by atoms with van der Waals surface area (Å²) in [5, 5.41) is 12.2. The predicted octanol–water partition coefficient (Wildman–Crippen LogP) is 2.28. The zero-order valence-electron chi connectivity index (χ0n) is 8.56. The number of piperidine rings is 1. The Bertz CT molecular complexity index is 403. The van der Waals surface area contributed by atoms with Crippen LogP contribution in [0.3, 0.4) is 0 Å². The van der Waals surface area contributed by atoms with Gasteiger partial charge in [0.05, 0.1) is 0 Å². The van der Waals surface area contributed by atoms with E-state index >= 15 is 0 Å². The first-order valence-corrected chi connectivity index (χ1v) is 5.18. The first kappa shape index (κ1) is 11.3. The molecular formula is C11H12F3NO. The van der Waals surface area contributed by atoms with Crippen LogP contribution in [-0.2, 0) is 0 Å². The van der Waals surface area contributed by atoms with Crippen molar-refractivity contribution in [3.63, 3.8) is 0 Å². The number of rotatable bonds is 1. The highest BCUT2D eigenvalue weighted by Gasteiger charge is 2.24. The van der Waals surface area contributed by atoms with Crippen molar-refractivity contribution < 1.29 is 18.3 Å². The Morgan fingerprint density at radius 1 is 1.12 bits per heavy atom. The molecule has 0 atom stereocenters. The number of halogens is 3. The Kier molecular flexibility index (Phi) is 3.05. The average molecular weight is 231 g/mol. The molecule has 0 aliphatic carbocycles. The molecule has 16 heavy (non-hydrogen) atoms. The lowest BCUT2D eigenvalue weighted by molar-refractivity contribution is 0.363. The molecular weight excluding hydrogens is 219 g/mol. The van der Waals surface area contributed by atoms with Gasteiger partial charge in [0.25, 0.3) is 0 Å². The molecule has 0 unspecified atom stereocenters. The van der Waals surface area contributed by atoms with Crippen LogP contribution in [0.2, 0.25) is 0 Å². The average Bonchev–Trinajstić information content (AvgIpc) is 2.32. The molecule has 2 nitrogen and oxygen atoms in total. The van der Waals surface area contributed by atoms with E-state index in [-0.39, 0.29) is 11.5 Å². The summed E-state index contributed by atoms with van der Waals surface area (Å²) >= 11 is 0. The number of nitrogens with one attached hydrogen (secondary N) is 1. The van der Waals surface area contributed by atoms with Crippen LogP contribution in [0.5, 0.6) is 5.75 Å². The summed E-state index contributed by atoms with van der Waals surface area (Å²) in [6.07, 6.45) is 1.31. The molecule has 2 N–H and O–H groups in total. The molecule has 5 heteroatoms. The fourth-order valence-electron chi connectivity index (χ4n) is 2.04. The van der Waals surface area contributed by atoms with E-state index in [1.807, 2.05) is 0 Å². The number of hydrogen-bond acceptors (Lipinski definition) is 2. The summed E-state index contributed by atoms with van der Waals surface area (Å²) in [5.74, 6) is -5.14. The lowest BCUT2D eigenvalue weighted by Gasteiger charge is -2.23. The Hall–Kier alpha value is -1.23. The first-order valence-electron chi connectivity index (χ1n) is 5.18. The van der Waals surface area contributed by atoms with Gasteiger partial charge in [0, 0.05) is 0 Å². The van der Waals surface area contributed by atoms with Crippen molar-refractivity contribution in [2.75, 3.05) is 13.1 Å². The number of phenolic OH excluding ortho intramolecular Hbond substituents is 1.